The van der Waals surface area contributed by atoms with Crippen molar-refractivity contribution >= 4 is 17.3 Å². The first-order chi connectivity index (χ1) is 21.0. The lowest BCUT2D eigenvalue weighted by atomic mass is 9.82. The fourth-order valence-corrected chi connectivity index (χ4v) is 6.13. The van der Waals surface area contributed by atoms with Gasteiger partial charge in [-0.25, -0.2) is 9.36 Å². The van der Waals surface area contributed by atoms with Crippen LogP contribution in [-0.4, -0.2) is 33.8 Å². The molecule has 0 spiro atoms. The van der Waals surface area contributed by atoms with Crippen LogP contribution in [0.3, 0.4) is 0 Å². The molecule has 0 saturated heterocycles. The van der Waals surface area contributed by atoms with Crippen LogP contribution in [0.25, 0.3) is 11.4 Å². The van der Waals surface area contributed by atoms with E-state index in [0.717, 1.165) is 62.7 Å². The Kier molecular flexibility index (Phi) is 6.50. The number of benzene rings is 4. The van der Waals surface area contributed by atoms with E-state index in [9.17, 15) is 0 Å². The highest BCUT2D eigenvalue weighted by molar-refractivity contribution is 5.85. The minimum absolute atomic E-state index is 0.0631. The summed E-state index contributed by atoms with van der Waals surface area (Å²) in [6.07, 6.45) is 0. The molecule has 2 aromatic heterocycles. The summed E-state index contributed by atoms with van der Waals surface area (Å²) in [5, 5.41) is 10.4. The molecule has 7 nitrogen and oxygen atoms in total. The maximum atomic E-state index is 5.47. The largest absolute Gasteiger partial charge is 0.497 e. The van der Waals surface area contributed by atoms with Gasteiger partial charge in [0.2, 0.25) is 0 Å². The van der Waals surface area contributed by atoms with Gasteiger partial charge in [0.25, 0.3) is 0 Å². The molecular weight excluding hydrogens is 534 g/mol. The highest BCUT2D eigenvalue weighted by atomic mass is 16.5. The van der Waals surface area contributed by atoms with Gasteiger partial charge in [0, 0.05) is 22.7 Å². The summed E-state index contributed by atoms with van der Waals surface area (Å²) in [7, 11) is 3.37. The van der Waals surface area contributed by atoms with Crippen molar-refractivity contribution in [2.45, 2.75) is 26.7 Å². The molecule has 7 heteroatoms. The molecule has 0 unspecified atom stereocenters. The predicted molar refractivity (Wildman–Crippen MR) is 170 cm³/mol. The molecule has 0 N–H and O–H groups in total. The Morgan fingerprint density at radius 2 is 0.977 bits per heavy atom. The smallest absolute Gasteiger partial charge is 0.147 e. The number of methoxy groups -OCH3 is 2. The van der Waals surface area contributed by atoms with Crippen LogP contribution in [0.1, 0.15) is 39.6 Å². The number of nitrogens with zero attached hydrogens (tertiary/aromatic N) is 5. The molecule has 4 aromatic carbocycles. The summed E-state index contributed by atoms with van der Waals surface area (Å²) in [4.78, 5) is 2.32. The van der Waals surface area contributed by atoms with E-state index < -0.39 is 0 Å². The molecule has 1 aliphatic heterocycles. The Bertz CT molecular complexity index is 1800. The predicted octanol–water partition coefficient (Wildman–Crippen LogP) is 7.96. The Balaban J connectivity index is 1.58. The van der Waals surface area contributed by atoms with Crippen molar-refractivity contribution in [3.63, 3.8) is 0 Å². The Morgan fingerprint density at radius 1 is 0.535 bits per heavy atom. The number of ether oxygens (including phenoxy) is 2. The topological polar surface area (TPSA) is 57.3 Å². The zero-order valence-corrected chi connectivity index (χ0v) is 24.9. The van der Waals surface area contributed by atoms with Crippen LogP contribution < -0.4 is 14.4 Å². The highest BCUT2D eigenvalue weighted by Crippen LogP contribution is 2.54. The van der Waals surface area contributed by atoms with Gasteiger partial charge >= 0.3 is 0 Å². The van der Waals surface area contributed by atoms with Crippen LogP contribution in [0, 0.1) is 20.8 Å². The van der Waals surface area contributed by atoms with Crippen molar-refractivity contribution in [3.8, 4) is 22.9 Å². The zero-order valence-electron chi connectivity index (χ0n) is 24.9. The standard InChI is InChI=1S/C36H33N5O2/c1-23-11-13-27(14-12-23)39-35-32(24(2)37-40(35)28-15-19-30(42-4)20-16-28)34(26-9-7-6-8-10-26)33-25(3)38-41(36(33)39)29-17-21-31(43-5)22-18-29/h6-22,34H,1-5H3. The van der Waals surface area contributed by atoms with E-state index in [1.54, 1.807) is 14.2 Å². The maximum Gasteiger partial charge on any atom is 0.147 e. The summed E-state index contributed by atoms with van der Waals surface area (Å²) in [6, 6.07) is 35.4. The van der Waals surface area contributed by atoms with Gasteiger partial charge in [-0.2, -0.15) is 10.2 Å². The lowest BCUT2D eigenvalue weighted by Gasteiger charge is -2.35. The van der Waals surface area contributed by atoms with Crippen LogP contribution in [0.5, 0.6) is 11.5 Å². The zero-order chi connectivity index (χ0) is 29.7. The lowest BCUT2D eigenvalue weighted by Crippen LogP contribution is -2.26. The van der Waals surface area contributed by atoms with Gasteiger partial charge in [-0.15, -0.1) is 0 Å². The summed E-state index contributed by atoms with van der Waals surface area (Å²) >= 11 is 0. The van der Waals surface area contributed by atoms with Gasteiger partial charge in [-0.05, 0) is 87.0 Å². The summed E-state index contributed by atoms with van der Waals surface area (Å²) in [5.74, 6) is 3.51. The average Bonchev–Trinajstić information content (AvgIpc) is 3.58. The molecule has 0 radical (unpaired) electrons. The molecule has 0 saturated carbocycles. The number of anilines is 3. The second-order valence-electron chi connectivity index (χ2n) is 10.9. The second-order valence-corrected chi connectivity index (χ2v) is 10.9. The first kappa shape index (κ1) is 26.6. The van der Waals surface area contributed by atoms with E-state index in [4.69, 9.17) is 19.7 Å². The molecule has 0 fully saturated rings. The third-order valence-corrected chi connectivity index (χ3v) is 8.22. The Hall–Kier alpha value is -5.30. The van der Waals surface area contributed by atoms with Gasteiger partial charge in [0.1, 0.15) is 23.1 Å². The SMILES string of the molecule is COc1ccc(-n2nc(C)c3c2N(c2ccc(C)cc2)c2c(c(C)nn2-c2ccc(OC)cc2)C3c2ccccc2)cc1. The molecule has 0 bridgehead atoms. The molecule has 214 valence electrons. The minimum atomic E-state index is -0.0631. The normalized spacial score (nSPS) is 12.6. The van der Waals surface area contributed by atoms with Gasteiger partial charge in [0.15, 0.2) is 0 Å². The van der Waals surface area contributed by atoms with E-state index in [1.807, 2.05) is 24.3 Å². The van der Waals surface area contributed by atoms with Gasteiger partial charge < -0.3 is 9.47 Å². The molecule has 3 heterocycles. The Labute approximate surface area is 251 Å². The van der Waals surface area contributed by atoms with Crippen LogP contribution in [0.4, 0.5) is 17.3 Å². The van der Waals surface area contributed by atoms with E-state index >= 15 is 0 Å². The van der Waals surface area contributed by atoms with Gasteiger partial charge in [-0.3, -0.25) is 4.90 Å². The van der Waals surface area contributed by atoms with Crippen LogP contribution >= 0.6 is 0 Å². The van der Waals surface area contributed by atoms with Crippen molar-refractivity contribution in [2.75, 3.05) is 19.1 Å². The number of fused-ring (bicyclic) bond motifs is 2. The molecule has 1 aliphatic rings. The average molecular weight is 568 g/mol. The van der Waals surface area contributed by atoms with E-state index in [0.29, 0.717) is 0 Å². The molecule has 0 atom stereocenters. The van der Waals surface area contributed by atoms with Crippen molar-refractivity contribution in [2.24, 2.45) is 0 Å². The van der Waals surface area contributed by atoms with E-state index in [-0.39, 0.29) is 5.92 Å². The van der Waals surface area contributed by atoms with Gasteiger partial charge in [0.05, 0.1) is 37.0 Å². The maximum absolute atomic E-state index is 5.47. The number of rotatable bonds is 6. The van der Waals surface area contributed by atoms with Gasteiger partial charge in [-0.1, -0.05) is 48.0 Å². The molecule has 6 aromatic rings. The summed E-state index contributed by atoms with van der Waals surface area (Å²) < 4.78 is 15.1. The number of aryl methyl sites for hydroxylation is 3. The first-order valence-electron chi connectivity index (χ1n) is 14.4. The Morgan fingerprint density at radius 3 is 1.42 bits per heavy atom. The molecule has 43 heavy (non-hydrogen) atoms. The fraction of sp³-hybridized carbons (Fsp3) is 0.167. The number of aromatic nitrogens is 4. The molecule has 0 aliphatic carbocycles. The third kappa shape index (κ3) is 4.36. The highest BCUT2D eigenvalue weighted by Gasteiger charge is 2.42. The van der Waals surface area contributed by atoms with Crippen LogP contribution in [-0.2, 0) is 0 Å². The summed E-state index contributed by atoms with van der Waals surface area (Å²) in [5.41, 5.74) is 9.59. The van der Waals surface area contributed by atoms with Crippen molar-refractivity contribution in [1.29, 1.82) is 0 Å². The number of hydrogen-bond acceptors (Lipinski definition) is 5. The fourth-order valence-electron chi connectivity index (χ4n) is 6.13. The van der Waals surface area contributed by atoms with E-state index in [2.05, 4.69) is 114 Å². The van der Waals surface area contributed by atoms with E-state index in [1.165, 1.54) is 11.1 Å². The second kappa shape index (κ2) is 10.5. The number of hydrogen-bond donors (Lipinski definition) is 0. The van der Waals surface area contributed by atoms with Crippen molar-refractivity contribution < 1.29 is 9.47 Å². The lowest BCUT2D eigenvalue weighted by molar-refractivity contribution is 0.414. The van der Waals surface area contributed by atoms with Crippen LogP contribution in [0.2, 0.25) is 0 Å². The monoisotopic (exact) mass is 567 g/mol. The summed E-state index contributed by atoms with van der Waals surface area (Å²) in [6.45, 7) is 6.33. The quantitative estimate of drug-likeness (QED) is 0.204. The van der Waals surface area contributed by atoms with Crippen LogP contribution in [0.15, 0.2) is 103 Å². The molecular formula is C36H33N5O2. The molecule has 0 amide bonds. The van der Waals surface area contributed by atoms with Crippen molar-refractivity contribution in [1.82, 2.24) is 19.6 Å². The van der Waals surface area contributed by atoms with Crippen molar-refractivity contribution in [3.05, 3.63) is 137 Å². The molecule has 7 rings (SSSR count). The first-order valence-corrected chi connectivity index (χ1v) is 14.4. The third-order valence-electron chi connectivity index (χ3n) is 8.22. The minimum Gasteiger partial charge on any atom is -0.497 e.